The summed E-state index contributed by atoms with van der Waals surface area (Å²) in [6.07, 6.45) is 3.30. The Morgan fingerprint density at radius 3 is 2.71 bits per heavy atom. The molecule has 0 radical (unpaired) electrons. The maximum atomic E-state index is 12.8. The minimum absolute atomic E-state index is 0.253. The second kappa shape index (κ2) is 3.03. The Morgan fingerprint density at radius 1 is 1.50 bits per heavy atom. The van der Waals surface area contributed by atoms with Crippen LogP contribution < -0.4 is 0 Å². The monoisotopic (exact) mass is 191 g/mol. The van der Waals surface area contributed by atoms with Gasteiger partial charge in [-0.05, 0) is 43.0 Å². The van der Waals surface area contributed by atoms with Crippen LogP contribution in [0.1, 0.15) is 24.0 Å². The molecule has 1 fully saturated rings. The van der Waals surface area contributed by atoms with Gasteiger partial charge in [0.25, 0.3) is 0 Å². The fourth-order valence-corrected chi connectivity index (χ4v) is 1.80. The third-order valence-corrected chi connectivity index (χ3v) is 2.67. The average Bonchev–Trinajstić information content (AvgIpc) is 2.86. The molecule has 2 rings (SSSR count). The van der Waals surface area contributed by atoms with Crippen molar-refractivity contribution in [3.63, 3.8) is 0 Å². The Labute approximate surface area is 81.5 Å². The largest absolute Gasteiger partial charge is 0.235 e. The number of carbonyl (C=O) groups excluding carboxylic acids is 1. The van der Waals surface area contributed by atoms with Crippen molar-refractivity contribution in [2.75, 3.05) is 0 Å². The summed E-state index contributed by atoms with van der Waals surface area (Å²) >= 11 is 0. The maximum absolute atomic E-state index is 12.8. The second-order valence-corrected chi connectivity index (χ2v) is 3.69. The van der Waals surface area contributed by atoms with E-state index in [0.29, 0.717) is 0 Å². The zero-order chi connectivity index (χ0) is 10.2. The third-order valence-electron chi connectivity index (χ3n) is 2.67. The molecule has 0 N–H and O–H groups in total. The average molecular weight is 191 g/mol. The van der Waals surface area contributed by atoms with Crippen molar-refractivity contribution >= 4 is 6.08 Å². The number of hydrogen-bond donors (Lipinski definition) is 0. The molecule has 3 heteroatoms. The summed E-state index contributed by atoms with van der Waals surface area (Å²) < 4.78 is 12.8. The van der Waals surface area contributed by atoms with Crippen molar-refractivity contribution in [1.29, 1.82) is 0 Å². The van der Waals surface area contributed by atoms with Crippen molar-refractivity contribution < 1.29 is 9.18 Å². The molecule has 1 aromatic carbocycles. The molecule has 0 bridgehead atoms. The molecule has 1 aliphatic rings. The van der Waals surface area contributed by atoms with E-state index >= 15 is 0 Å². The van der Waals surface area contributed by atoms with E-state index in [1.807, 2.05) is 6.92 Å². The Morgan fingerprint density at radius 2 is 2.21 bits per heavy atom. The van der Waals surface area contributed by atoms with E-state index in [2.05, 4.69) is 4.99 Å². The van der Waals surface area contributed by atoms with Crippen LogP contribution in [0.2, 0.25) is 0 Å². The summed E-state index contributed by atoms with van der Waals surface area (Å²) in [6.45, 7) is 1.83. The molecule has 0 amide bonds. The van der Waals surface area contributed by atoms with Crippen LogP contribution in [0.15, 0.2) is 23.2 Å². The lowest BCUT2D eigenvalue weighted by molar-refractivity contribution is 0.556. The van der Waals surface area contributed by atoms with Crippen LogP contribution in [0.25, 0.3) is 0 Å². The van der Waals surface area contributed by atoms with Crippen molar-refractivity contribution in [1.82, 2.24) is 0 Å². The van der Waals surface area contributed by atoms with Crippen LogP contribution in [0.4, 0.5) is 4.39 Å². The molecule has 2 nitrogen and oxygen atoms in total. The van der Waals surface area contributed by atoms with Crippen LogP contribution in [-0.2, 0) is 10.3 Å². The number of aliphatic imine (C=N–C) groups is 1. The molecule has 1 saturated carbocycles. The minimum Gasteiger partial charge on any atom is -0.211 e. The van der Waals surface area contributed by atoms with E-state index in [4.69, 9.17) is 0 Å². The van der Waals surface area contributed by atoms with E-state index in [1.54, 1.807) is 12.1 Å². The van der Waals surface area contributed by atoms with Crippen molar-refractivity contribution in [3.05, 3.63) is 35.1 Å². The van der Waals surface area contributed by atoms with Gasteiger partial charge in [0, 0.05) is 0 Å². The summed E-state index contributed by atoms with van der Waals surface area (Å²) in [6, 6.07) is 4.58. The first-order chi connectivity index (χ1) is 6.68. The molecule has 0 atom stereocenters. The summed E-state index contributed by atoms with van der Waals surface area (Å²) in [4.78, 5) is 14.0. The minimum atomic E-state index is -0.389. The van der Waals surface area contributed by atoms with Gasteiger partial charge in [-0.25, -0.2) is 9.18 Å². The van der Waals surface area contributed by atoms with Gasteiger partial charge in [0.1, 0.15) is 5.82 Å². The lowest BCUT2D eigenvalue weighted by atomic mass is 10.00. The molecule has 0 aliphatic heterocycles. The summed E-state index contributed by atoms with van der Waals surface area (Å²) in [5.41, 5.74) is 1.41. The first kappa shape index (κ1) is 9.10. The number of benzene rings is 1. The van der Waals surface area contributed by atoms with Crippen LogP contribution in [0.3, 0.4) is 0 Å². The van der Waals surface area contributed by atoms with Crippen molar-refractivity contribution in [2.24, 2.45) is 4.99 Å². The SMILES string of the molecule is Cc1cc(F)ccc1C1(N=C=O)CC1. The van der Waals surface area contributed by atoms with Crippen LogP contribution >= 0.6 is 0 Å². The molecule has 0 unspecified atom stereocenters. The molecule has 1 aromatic rings. The highest BCUT2D eigenvalue weighted by Crippen LogP contribution is 2.50. The van der Waals surface area contributed by atoms with Gasteiger partial charge in [0.2, 0.25) is 6.08 Å². The highest BCUT2D eigenvalue weighted by Gasteiger charge is 2.45. The number of rotatable bonds is 2. The van der Waals surface area contributed by atoms with Gasteiger partial charge in [0.15, 0.2) is 0 Å². The predicted molar refractivity (Wildman–Crippen MR) is 50.2 cm³/mol. The number of halogens is 1. The van der Waals surface area contributed by atoms with Crippen LogP contribution in [0.5, 0.6) is 0 Å². The van der Waals surface area contributed by atoms with E-state index in [1.165, 1.54) is 12.1 Å². The normalized spacial score (nSPS) is 17.3. The maximum Gasteiger partial charge on any atom is 0.235 e. The summed E-state index contributed by atoms with van der Waals surface area (Å²) in [5, 5.41) is 0. The molecular weight excluding hydrogens is 181 g/mol. The zero-order valence-electron chi connectivity index (χ0n) is 7.88. The van der Waals surface area contributed by atoms with Crippen molar-refractivity contribution in [2.45, 2.75) is 25.3 Å². The van der Waals surface area contributed by atoms with Crippen LogP contribution in [0, 0.1) is 12.7 Å². The standard InChI is InChI=1S/C11H10FNO/c1-8-6-9(12)2-3-10(8)11(4-5-11)13-7-14/h2-3,6H,4-5H2,1H3. The van der Waals surface area contributed by atoms with Gasteiger partial charge in [-0.3, -0.25) is 0 Å². The molecule has 0 spiro atoms. The molecule has 72 valence electrons. The van der Waals surface area contributed by atoms with Gasteiger partial charge in [-0.15, -0.1) is 0 Å². The smallest absolute Gasteiger partial charge is 0.211 e. The molecular formula is C11H10FNO. The lowest BCUT2D eigenvalue weighted by Gasteiger charge is -2.11. The second-order valence-electron chi connectivity index (χ2n) is 3.69. The molecule has 0 aromatic heterocycles. The number of nitrogens with zero attached hydrogens (tertiary/aromatic N) is 1. The van der Waals surface area contributed by atoms with E-state index in [0.717, 1.165) is 24.0 Å². The molecule has 1 aliphatic carbocycles. The summed E-state index contributed by atoms with van der Waals surface area (Å²) in [7, 11) is 0. The Kier molecular flexibility index (Phi) is 1.97. The van der Waals surface area contributed by atoms with Gasteiger partial charge < -0.3 is 0 Å². The first-order valence-electron chi connectivity index (χ1n) is 4.54. The molecule has 14 heavy (non-hydrogen) atoms. The van der Waals surface area contributed by atoms with Crippen molar-refractivity contribution in [3.8, 4) is 0 Å². The number of hydrogen-bond acceptors (Lipinski definition) is 2. The van der Waals surface area contributed by atoms with E-state index in [9.17, 15) is 9.18 Å². The quantitative estimate of drug-likeness (QED) is 0.521. The topological polar surface area (TPSA) is 29.4 Å². The van der Waals surface area contributed by atoms with E-state index in [-0.39, 0.29) is 11.4 Å². The lowest BCUT2D eigenvalue weighted by Crippen LogP contribution is -2.04. The third kappa shape index (κ3) is 1.36. The molecule has 0 saturated heterocycles. The Hall–Kier alpha value is -1.47. The Bertz CT molecular complexity index is 417. The van der Waals surface area contributed by atoms with Gasteiger partial charge >= 0.3 is 0 Å². The zero-order valence-corrected chi connectivity index (χ0v) is 7.88. The highest BCUT2D eigenvalue weighted by molar-refractivity contribution is 5.44. The van der Waals surface area contributed by atoms with Gasteiger partial charge in [0.05, 0.1) is 5.54 Å². The molecule has 0 heterocycles. The number of aryl methyl sites for hydroxylation is 1. The fourth-order valence-electron chi connectivity index (χ4n) is 1.80. The van der Waals surface area contributed by atoms with E-state index < -0.39 is 0 Å². The predicted octanol–water partition coefficient (Wildman–Crippen LogP) is 2.46. The summed E-state index contributed by atoms with van der Waals surface area (Å²) in [5.74, 6) is -0.253. The first-order valence-corrected chi connectivity index (χ1v) is 4.54. The highest BCUT2D eigenvalue weighted by atomic mass is 19.1. The van der Waals surface area contributed by atoms with Gasteiger partial charge in [-0.2, -0.15) is 4.99 Å². The van der Waals surface area contributed by atoms with Crippen LogP contribution in [-0.4, -0.2) is 6.08 Å². The van der Waals surface area contributed by atoms with Gasteiger partial charge in [-0.1, -0.05) is 6.07 Å². The number of isocyanates is 1. The Balaban J connectivity index is 2.47. The fraction of sp³-hybridized carbons (Fsp3) is 0.364.